The Bertz CT molecular complexity index is 457. The minimum absolute atomic E-state index is 0.0746. The van der Waals surface area contributed by atoms with Gasteiger partial charge in [0.25, 0.3) is 5.91 Å². The van der Waals surface area contributed by atoms with Crippen molar-refractivity contribution in [1.29, 1.82) is 0 Å². The summed E-state index contributed by atoms with van der Waals surface area (Å²) >= 11 is 5.93. The molecular weight excluding hydrogens is 250 g/mol. The Hall–Kier alpha value is -1.06. The molecule has 1 aliphatic carbocycles. The lowest BCUT2D eigenvalue weighted by Crippen LogP contribution is -2.35. The van der Waals surface area contributed by atoms with Gasteiger partial charge in [-0.2, -0.15) is 0 Å². The van der Waals surface area contributed by atoms with E-state index in [0.717, 1.165) is 18.4 Å². The van der Waals surface area contributed by atoms with E-state index in [1.165, 1.54) is 0 Å². The Morgan fingerprint density at radius 1 is 1.56 bits per heavy atom. The first-order valence-electron chi connectivity index (χ1n) is 6.18. The fourth-order valence-electron chi connectivity index (χ4n) is 1.99. The first-order chi connectivity index (χ1) is 8.49. The summed E-state index contributed by atoms with van der Waals surface area (Å²) in [5.74, 6) is 0.307. The number of rotatable bonds is 4. The molecular formula is C14H18ClNO2. The summed E-state index contributed by atoms with van der Waals surface area (Å²) in [5, 5.41) is 10.5. The summed E-state index contributed by atoms with van der Waals surface area (Å²) in [6.07, 6.45) is 1.75. The minimum Gasteiger partial charge on any atom is -0.391 e. The van der Waals surface area contributed by atoms with Crippen LogP contribution in [-0.4, -0.2) is 35.6 Å². The average molecular weight is 268 g/mol. The van der Waals surface area contributed by atoms with Gasteiger partial charge >= 0.3 is 0 Å². The molecule has 1 aromatic carbocycles. The van der Waals surface area contributed by atoms with Crippen molar-refractivity contribution < 1.29 is 9.90 Å². The van der Waals surface area contributed by atoms with Crippen LogP contribution in [0.1, 0.15) is 28.8 Å². The van der Waals surface area contributed by atoms with Gasteiger partial charge in [-0.3, -0.25) is 4.79 Å². The molecule has 2 rings (SSSR count). The Balaban J connectivity index is 2.02. The van der Waals surface area contributed by atoms with Crippen LogP contribution in [0.15, 0.2) is 18.2 Å². The number of nitrogens with zero attached hydrogens (tertiary/aromatic N) is 1. The van der Waals surface area contributed by atoms with Gasteiger partial charge in [-0.05, 0) is 49.4 Å². The summed E-state index contributed by atoms with van der Waals surface area (Å²) in [6.45, 7) is 2.27. The zero-order valence-corrected chi connectivity index (χ0v) is 11.4. The number of hydrogen-bond acceptors (Lipinski definition) is 2. The molecule has 1 N–H and O–H groups in total. The second-order valence-electron chi connectivity index (χ2n) is 5.05. The molecule has 0 bridgehead atoms. The topological polar surface area (TPSA) is 40.5 Å². The Morgan fingerprint density at radius 2 is 2.22 bits per heavy atom. The fraction of sp³-hybridized carbons (Fsp3) is 0.500. The van der Waals surface area contributed by atoms with Crippen molar-refractivity contribution in [3.8, 4) is 0 Å². The molecule has 1 unspecified atom stereocenters. The number of aryl methyl sites for hydroxylation is 1. The van der Waals surface area contributed by atoms with Crippen LogP contribution in [0.4, 0.5) is 0 Å². The minimum atomic E-state index is -0.396. The van der Waals surface area contributed by atoms with Gasteiger partial charge in [0.05, 0.1) is 6.10 Å². The van der Waals surface area contributed by atoms with Crippen molar-refractivity contribution in [2.75, 3.05) is 13.6 Å². The van der Waals surface area contributed by atoms with E-state index in [4.69, 9.17) is 11.6 Å². The van der Waals surface area contributed by atoms with Gasteiger partial charge in [-0.25, -0.2) is 0 Å². The van der Waals surface area contributed by atoms with Gasteiger partial charge in [-0.1, -0.05) is 11.6 Å². The predicted octanol–water partition coefficient (Wildman–Crippen LogP) is 2.49. The molecule has 1 aromatic rings. The maximum Gasteiger partial charge on any atom is 0.253 e. The number of carbonyl (C=O) groups is 1. The van der Waals surface area contributed by atoms with Crippen LogP contribution in [-0.2, 0) is 0 Å². The lowest BCUT2D eigenvalue weighted by molar-refractivity contribution is 0.0645. The molecule has 0 radical (unpaired) electrons. The number of aliphatic hydroxyl groups excluding tert-OH is 1. The molecule has 98 valence electrons. The van der Waals surface area contributed by atoms with Crippen LogP contribution >= 0.6 is 11.6 Å². The van der Waals surface area contributed by atoms with E-state index in [1.54, 1.807) is 30.1 Å². The van der Waals surface area contributed by atoms with Crippen LogP contribution < -0.4 is 0 Å². The maximum atomic E-state index is 12.2. The third kappa shape index (κ3) is 3.03. The molecule has 1 fully saturated rings. The van der Waals surface area contributed by atoms with Gasteiger partial charge < -0.3 is 10.0 Å². The number of halogens is 1. The van der Waals surface area contributed by atoms with Crippen molar-refractivity contribution in [3.63, 3.8) is 0 Å². The number of carbonyl (C=O) groups excluding carboxylic acids is 1. The fourth-order valence-corrected chi connectivity index (χ4v) is 2.11. The molecule has 3 nitrogen and oxygen atoms in total. The molecule has 1 amide bonds. The standard InChI is InChI=1S/C14H18ClNO2/c1-9-7-11(5-6-12(9)15)14(18)16(2)8-13(17)10-3-4-10/h5-7,10,13,17H,3-4,8H2,1-2H3. The third-order valence-electron chi connectivity index (χ3n) is 3.38. The van der Waals surface area contributed by atoms with Crippen molar-refractivity contribution in [2.24, 2.45) is 5.92 Å². The first-order valence-corrected chi connectivity index (χ1v) is 6.56. The molecule has 1 saturated carbocycles. The summed E-state index contributed by atoms with van der Waals surface area (Å²) in [4.78, 5) is 13.7. The predicted molar refractivity (Wildman–Crippen MR) is 71.9 cm³/mol. The van der Waals surface area contributed by atoms with E-state index in [9.17, 15) is 9.90 Å². The molecule has 0 aliphatic heterocycles. The lowest BCUT2D eigenvalue weighted by atomic mass is 10.1. The van der Waals surface area contributed by atoms with E-state index >= 15 is 0 Å². The van der Waals surface area contributed by atoms with Gasteiger partial charge in [0.1, 0.15) is 0 Å². The molecule has 0 saturated heterocycles. The summed E-state index contributed by atoms with van der Waals surface area (Å²) < 4.78 is 0. The van der Waals surface area contributed by atoms with Crippen LogP contribution in [0.25, 0.3) is 0 Å². The molecule has 0 aromatic heterocycles. The van der Waals surface area contributed by atoms with Crippen LogP contribution in [0.2, 0.25) is 5.02 Å². The molecule has 18 heavy (non-hydrogen) atoms. The Labute approximate surface area is 112 Å². The number of benzene rings is 1. The quantitative estimate of drug-likeness (QED) is 0.911. The number of amides is 1. The van der Waals surface area contributed by atoms with E-state index in [-0.39, 0.29) is 5.91 Å². The maximum absolute atomic E-state index is 12.2. The summed E-state index contributed by atoms with van der Waals surface area (Å²) in [6, 6.07) is 5.23. The second kappa shape index (κ2) is 5.29. The van der Waals surface area contributed by atoms with Gasteiger partial charge in [0.15, 0.2) is 0 Å². The van der Waals surface area contributed by atoms with Crippen molar-refractivity contribution in [1.82, 2.24) is 4.90 Å². The van der Waals surface area contributed by atoms with Gasteiger partial charge in [0, 0.05) is 24.2 Å². The van der Waals surface area contributed by atoms with E-state index in [2.05, 4.69) is 0 Å². The monoisotopic (exact) mass is 267 g/mol. The number of aliphatic hydroxyl groups is 1. The Morgan fingerprint density at radius 3 is 2.78 bits per heavy atom. The third-order valence-corrected chi connectivity index (χ3v) is 3.80. The lowest BCUT2D eigenvalue weighted by Gasteiger charge is -2.21. The molecule has 1 atom stereocenters. The van der Waals surface area contributed by atoms with Crippen molar-refractivity contribution in [2.45, 2.75) is 25.9 Å². The number of hydrogen-bond donors (Lipinski definition) is 1. The van der Waals surface area contributed by atoms with E-state index in [1.807, 2.05) is 6.92 Å². The van der Waals surface area contributed by atoms with Crippen LogP contribution in [0.5, 0.6) is 0 Å². The average Bonchev–Trinajstić information content (AvgIpc) is 3.15. The molecule has 0 heterocycles. The highest BCUT2D eigenvalue weighted by Crippen LogP contribution is 2.32. The molecule has 0 spiro atoms. The van der Waals surface area contributed by atoms with Crippen molar-refractivity contribution in [3.05, 3.63) is 34.3 Å². The summed E-state index contributed by atoms with van der Waals surface area (Å²) in [5.41, 5.74) is 1.50. The van der Waals surface area contributed by atoms with Gasteiger partial charge in [-0.15, -0.1) is 0 Å². The molecule has 4 heteroatoms. The zero-order chi connectivity index (χ0) is 13.3. The van der Waals surface area contributed by atoms with Crippen LogP contribution in [0.3, 0.4) is 0 Å². The first kappa shape index (κ1) is 13.4. The highest BCUT2D eigenvalue weighted by Gasteiger charge is 2.31. The van der Waals surface area contributed by atoms with Crippen LogP contribution in [0, 0.1) is 12.8 Å². The summed E-state index contributed by atoms with van der Waals surface area (Å²) in [7, 11) is 1.72. The van der Waals surface area contributed by atoms with Gasteiger partial charge in [0.2, 0.25) is 0 Å². The smallest absolute Gasteiger partial charge is 0.253 e. The highest BCUT2D eigenvalue weighted by atomic mass is 35.5. The molecule has 1 aliphatic rings. The van der Waals surface area contributed by atoms with E-state index < -0.39 is 6.10 Å². The number of likely N-dealkylation sites (N-methyl/N-ethyl adjacent to an activating group) is 1. The highest BCUT2D eigenvalue weighted by molar-refractivity contribution is 6.31. The van der Waals surface area contributed by atoms with E-state index in [0.29, 0.717) is 23.0 Å². The normalized spacial score (nSPS) is 16.4. The Kier molecular flexibility index (Phi) is 3.93. The SMILES string of the molecule is Cc1cc(C(=O)N(C)CC(O)C2CC2)ccc1Cl. The van der Waals surface area contributed by atoms with Crippen molar-refractivity contribution >= 4 is 17.5 Å². The second-order valence-corrected chi connectivity index (χ2v) is 5.46. The largest absolute Gasteiger partial charge is 0.391 e. The zero-order valence-electron chi connectivity index (χ0n) is 10.7.